The highest BCUT2D eigenvalue weighted by molar-refractivity contribution is 9.10. The van der Waals surface area contributed by atoms with Crippen LogP contribution in [0.2, 0.25) is 0 Å². The average Bonchev–Trinajstić information content (AvgIpc) is 2.35. The number of halogens is 1. The summed E-state index contributed by atoms with van der Waals surface area (Å²) in [6, 6.07) is 5.70. The molecule has 20 heavy (non-hydrogen) atoms. The molecule has 1 aromatic carbocycles. The molecule has 1 heterocycles. The Morgan fingerprint density at radius 2 is 2.00 bits per heavy atom. The number of benzene rings is 1. The van der Waals surface area contributed by atoms with Gasteiger partial charge in [0, 0.05) is 16.6 Å². The molecule has 0 unspecified atom stereocenters. The summed E-state index contributed by atoms with van der Waals surface area (Å²) in [5, 5.41) is 2.90. The van der Waals surface area contributed by atoms with E-state index in [-0.39, 0.29) is 23.3 Å². The summed E-state index contributed by atoms with van der Waals surface area (Å²) in [6.45, 7) is 1.94. The first-order valence-corrected chi connectivity index (χ1v) is 9.23. The van der Waals surface area contributed by atoms with E-state index in [0.717, 1.165) is 15.7 Å². The third kappa shape index (κ3) is 4.31. The molecule has 1 aromatic rings. The Kier molecular flexibility index (Phi) is 4.86. The van der Waals surface area contributed by atoms with Crippen LogP contribution in [0, 0.1) is 12.8 Å². The third-order valence-electron chi connectivity index (χ3n) is 3.61. The molecular formula is C14H18BrNO3S. The van der Waals surface area contributed by atoms with Gasteiger partial charge in [0.1, 0.15) is 9.84 Å². The van der Waals surface area contributed by atoms with Gasteiger partial charge in [0.15, 0.2) is 0 Å². The van der Waals surface area contributed by atoms with Gasteiger partial charge >= 0.3 is 0 Å². The van der Waals surface area contributed by atoms with Crippen LogP contribution >= 0.6 is 15.9 Å². The van der Waals surface area contributed by atoms with Crippen molar-refractivity contribution in [3.8, 4) is 0 Å². The Balaban J connectivity index is 1.90. The molecule has 6 heteroatoms. The van der Waals surface area contributed by atoms with E-state index in [1.807, 2.05) is 25.1 Å². The molecule has 1 N–H and O–H groups in total. The zero-order valence-electron chi connectivity index (χ0n) is 11.4. The van der Waals surface area contributed by atoms with Crippen LogP contribution in [0.4, 0.5) is 5.69 Å². The third-order valence-corrected chi connectivity index (χ3v) is 5.82. The van der Waals surface area contributed by atoms with Crippen LogP contribution in [0.15, 0.2) is 22.7 Å². The summed E-state index contributed by atoms with van der Waals surface area (Å²) in [6.07, 6.45) is 1.58. The van der Waals surface area contributed by atoms with Gasteiger partial charge in [0.25, 0.3) is 0 Å². The van der Waals surface area contributed by atoms with Crippen LogP contribution in [0.5, 0.6) is 0 Å². The lowest BCUT2D eigenvalue weighted by molar-refractivity contribution is -0.117. The lowest BCUT2D eigenvalue weighted by Crippen LogP contribution is -2.26. The van der Waals surface area contributed by atoms with Crippen LogP contribution in [0.1, 0.15) is 24.8 Å². The Labute approximate surface area is 128 Å². The highest BCUT2D eigenvalue weighted by Gasteiger charge is 2.25. The molecule has 0 spiro atoms. The van der Waals surface area contributed by atoms with Crippen molar-refractivity contribution in [3.63, 3.8) is 0 Å². The molecule has 0 aromatic heterocycles. The van der Waals surface area contributed by atoms with E-state index in [9.17, 15) is 13.2 Å². The van der Waals surface area contributed by atoms with Gasteiger partial charge in [-0.25, -0.2) is 8.42 Å². The van der Waals surface area contributed by atoms with Crippen molar-refractivity contribution in [1.82, 2.24) is 0 Å². The summed E-state index contributed by atoms with van der Waals surface area (Å²) < 4.78 is 23.7. The second kappa shape index (κ2) is 6.26. The van der Waals surface area contributed by atoms with Gasteiger partial charge in [-0.3, -0.25) is 4.79 Å². The molecule has 0 saturated carbocycles. The van der Waals surface area contributed by atoms with Crippen LogP contribution in [-0.4, -0.2) is 25.8 Å². The largest absolute Gasteiger partial charge is 0.326 e. The number of hydrogen-bond acceptors (Lipinski definition) is 3. The van der Waals surface area contributed by atoms with Gasteiger partial charge in [-0.2, -0.15) is 0 Å². The Morgan fingerprint density at radius 1 is 1.35 bits per heavy atom. The van der Waals surface area contributed by atoms with E-state index in [1.54, 1.807) is 0 Å². The van der Waals surface area contributed by atoms with Gasteiger partial charge in [-0.1, -0.05) is 15.9 Å². The summed E-state index contributed by atoms with van der Waals surface area (Å²) in [4.78, 5) is 12.0. The lowest BCUT2D eigenvalue weighted by atomic mass is 9.98. The number of anilines is 1. The maximum absolute atomic E-state index is 12.0. The molecule has 1 saturated heterocycles. The number of carbonyl (C=O) groups is 1. The van der Waals surface area contributed by atoms with E-state index in [1.165, 1.54) is 0 Å². The van der Waals surface area contributed by atoms with Crippen LogP contribution in [-0.2, 0) is 14.6 Å². The monoisotopic (exact) mass is 359 g/mol. The van der Waals surface area contributed by atoms with Gasteiger partial charge in [-0.05, 0) is 49.4 Å². The van der Waals surface area contributed by atoms with Crippen molar-refractivity contribution >= 4 is 37.4 Å². The molecule has 1 aliphatic heterocycles. The minimum Gasteiger partial charge on any atom is -0.326 e. The number of amides is 1. The van der Waals surface area contributed by atoms with Crippen molar-refractivity contribution in [1.29, 1.82) is 0 Å². The molecule has 1 amide bonds. The number of carbonyl (C=O) groups excluding carboxylic acids is 1. The predicted octanol–water partition coefficient (Wildman–Crippen LogP) is 2.91. The van der Waals surface area contributed by atoms with Crippen molar-refractivity contribution in [2.75, 3.05) is 16.8 Å². The molecule has 1 fully saturated rings. The first-order chi connectivity index (χ1) is 9.35. The minimum atomic E-state index is -2.86. The Hall–Kier alpha value is -0.880. The number of sulfone groups is 1. The smallest absolute Gasteiger partial charge is 0.224 e. The standard InChI is InChI=1S/C14H18BrNO3S/c1-10-8-12(15)2-3-13(10)16-14(17)9-11-4-6-20(18,19)7-5-11/h2-3,8,11H,4-7,9H2,1H3,(H,16,17). The zero-order valence-corrected chi connectivity index (χ0v) is 13.8. The SMILES string of the molecule is Cc1cc(Br)ccc1NC(=O)CC1CCS(=O)(=O)CC1. The fraction of sp³-hybridized carbons (Fsp3) is 0.500. The van der Waals surface area contributed by atoms with E-state index < -0.39 is 9.84 Å². The predicted molar refractivity (Wildman–Crippen MR) is 83.5 cm³/mol. The average molecular weight is 360 g/mol. The highest BCUT2D eigenvalue weighted by Crippen LogP contribution is 2.24. The van der Waals surface area contributed by atoms with Crippen molar-refractivity contribution < 1.29 is 13.2 Å². The summed E-state index contributed by atoms with van der Waals surface area (Å²) in [5.74, 6) is 0.554. The zero-order chi connectivity index (χ0) is 14.8. The quantitative estimate of drug-likeness (QED) is 0.902. The summed E-state index contributed by atoms with van der Waals surface area (Å²) in [7, 11) is -2.86. The summed E-state index contributed by atoms with van der Waals surface area (Å²) >= 11 is 3.38. The van der Waals surface area contributed by atoms with Crippen LogP contribution in [0.25, 0.3) is 0 Å². The van der Waals surface area contributed by atoms with Gasteiger partial charge in [-0.15, -0.1) is 0 Å². The van der Waals surface area contributed by atoms with Crippen LogP contribution < -0.4 is 5.32 Å². The fourth-order valence-electron chi connectivity index (χ4n) is 2.37. The highest BCUT2D eigenvalue weighted by atomic mass is 79.9. The summed E-state index contributed by atoms with van der Waals surface area (Å²) in [5.41, 5.74) is 1.81. The van der Waals surface area contributed by atoms with Crippen LogP contribution in [0.3, 0.4) is 0 Å². The molecule has 2 rings (SSSR count). The normalized spacial score (nSPS) is 18.7. The molecule has 0 aliphatic carbocycles. The van der Waals surface area contributed by atoms with Crippen molar-refractivity contribution in [2.24, 2.45) is 5.92 Å². The second-order valence-electron chi connectivity index (χ2n) is 5.31. The van der Waals surface area contributed by atoms with Gasteiger partial charge < -0.3 is 5.32 Å². The minimum absolute atomic E-state index is 0.0419. The number of nitrogens with one attached hydrogen (secondary N) is 1. The van der Waals surface area contributed by atoms with Crippen molar-refractivity contribution in [2.45, 2.75) is 26.2 Å². The topological polar surface area (TPSA) is 63.2 Å². The number of aryl methyl sites for hydroxylation is 1. The Morgan fingerprint density at radius 3 is 2.60 bits per heavy atom. The first kappa shape index (κ1) is 15.5. The molecule has 1 aliphatic rings. The number of rotatable bonds is 3. The Bertz CT molecular complexity index is 599. The number of hydrogen-bond donors (Lipinski definition) is 1. The van der Waals surface area contributed by atoms with Gasteiger partial charge in [0.2, 0.25) is 5.91 Å². The van der Waals surface area contributed by atoms with E-state index >= 15 is 0 Å². The molecule has 0 bridgehead atoms. The maximum atomic E-state index is 12.0. The fourth-order valence-corrected chi connectivity index (χ4v) is 4.44. The van der Waals surface area contributed by atoms with Crippen molar-refractivity contribution in [3.05, 3.63) is 28.2 Å². The van der Waals surface area contributed by atoms with E-state index in [4.69, 9.17) is 0 Å². The molecule has 0 atom stereocenters. The lowest BCUT2D eigenvalue weighted by Gasteiger charge is -2.21. The molecule has 110 valence electrons. The second-order valence-corrected chi connectivity index (χ2v) is 8.53. The molecular weight excluding hydrogens is 342 g/mol. The maximum Gasteiger partial charge on any atom is 0.224 e. The molecule has 4 nitrogen and oxygen atoms in total. The van der Waals surface area contributed by atoms with E-state index in [2.05, 4.69) is 21.2 Å². The first-order valence-electron chi connectivity index (χ1n) is 6.62. The van der Waals surface area contributed by atoms with Gasteiger partial charge in [0.05, 0.1) is 11.5 Å². The molecule has 0 radical (unpaired) electrons. The van der Waals surface area contributed by atoms with E-state index in [0.29, 0.717) is 19.3 Å².